The molecule has 0 aromatic carbocycles. The fourth-order valence-electron chi connectivity index (χ4n) is 0.795. The molecule has 0 amide bonds. The highest BCUT2D eigenvalue weighted by atomic mass is 13.9. The van der Waals surface area contributed by atoms with Crippen LogP contribution in [0.25, 0.3) is 0 Å². The van der Waals surface area contributed by atoms with E-state index in [9.17, 15) is 0 Å². The first-order valence-corrected chi connectivity index (χ1v) is 3.85. The normalized spacial score (nSPS) is 10.8. The lowest BCUT2D eigenvalue weighted by Crippen LogP contribution is -1.76. The van der Waals surface area contributed by atoms with Gasteiger partial charge in [0, 0.05) is 0 Å². The second-order valence-corrected chi connectivity index (χ2v) is 2.34. The molecule has 60 valence electrons. The zero-order valence-corrected chi connectivity index (χ0v) is 7.59. The summed E-state index contributed by atoms with van der Waals surface area (Å²) in [6, 6.07) is 0. The third-order valence-electron chi connectivity index (χ3n) is 1.45. The zero-order valence-electron chi connectivity index (χ0n) is 7.59. The predicted octanol–water partition coefficient (Wildman–Crippen LogP) is 3.64. The molecule has 0 heteroatoms. The molecule has 11 heavy (non-hydrogen) atoms. The Kier molecular flexibility index (Phi) is 5.18. The van der Waals surface area contributed by atoms with Gasteiger partial charge in [0.1, 0.15) is 0 Å². The van der Waals surface area contributed by atoms with E-state index in [-0.39, 0.29) is 0 Å². The third kappa shape index (κ3) is 3.61. The fourth-order valence-corrected chi connectivity index (χ4v) is 0.795. The molecule has 0 aromatic heterocycles. The summed E-state index contributed by atoms with van der Waals surface area (Å²) in [6.45, 7) is 9.81. The van der Waals surface area contributed by atoms with Crippen LogP contribution in [-0.4, -0.2) is 0 Å². The van der Waals surface area contributed by atoms with Gasteiger partial charge in [0.2, 0.25) is 0 Å². The maximum Gasteiger partial charge on any atom is -0.0234 e. The van der Waals surface area contributed by atoms with Crippen molar-refractivity contribution in [2.75, 3.05) is 0 Å². The van der Waals surface area contributed by atoms with E-state index in [4.69, 9.17) is 0 Å². The molecule has 0 heterocycles. The van der Waals surface area contributed by atoms with Crippen molar-refractivity contribution in [3.63, 3.8) is 0 Å². The molecule has 0 saturated heterocycles. The summed E-state index contributed by atoms with van der Waals surface area (Å²) in [5.41, 5.74) is 2.44. The van der Waals surface area contributed by atoms with E-state index in [1.807, 2.05) is 32.1 Å². The van der Waals surface area contributed by atoms with E-state index in [2.05, 4.69) is 25.7 Å². The topological polar surface area (TPSA) is 0 Å². The van der Waals surface area contributed by atoms with Crippen molar-refractivity contribution >= 4 is 0 Å². The first kappa shape index (κ1) is 9.96. The Hall–Kier alpha value is -1.04. The predicted molar refractivity (Wildman–Crippen MR) is 52.5 cm³/mol. The average molecular weight is 148 g/mol. The maximum absolute atomic E-state index is 3.72. The van der Waals surface area contributed by atoms with Crippen molar-refractivity contribution in [2.24, 2.45) is 0 Å². The smallest absolute Gasteiger partial charge is 0.0234 e. The minimum absolute atomic E-state index is 1.21. The van der Waals surface area contributed by atoms with Crippen LogP contribution in [0.2, 0.25) is 0 Å². The van der Waals surface area contributed by atoms with Crippen molar-refractivity contribution < 1.29 is 0 Å². The molecule has 0 unspecified atom stereocenters. The Morgan fingerprint density at radius 3 is 1.82 bits per heavy atom. The summed E-state index contributed by atoms with van der Waals surface area (Å²) in [5.74, 6) is 0. The van der Waals surface area contributed by atoms with Crippen LogP contribution in [0.1, 0.15) is 20.8 Å². The molecular weight excluding hydrogens is 132 g/mol. The lowest BCUT2D eigenvalue weighted by molar-refractivity contribution is 1.44. The lowest BCUT2D eigenvalue weighted by atomic mass is 10.1. The average Bonchev–Trinajstić information content (AvgIpc) is 2.03. The summed E-state index contributed by atoms with van der Waals surface area (Å²) in [5, 5.41) is 0. The monoisotopic (exact) mass is 148 g/mol. The number of rotatable bonds is 3. The van der Waals surface area contributed by atoms with Crippen molar-refractivity contribution in [3.05, 3.63) is 48.1 Å². The largest absolute Gasteiger partial charge is 0.0988 e. The molecule has 0 nitrogen and oxygen atoms in total. The molecule has 0 atom stereocenters. The quantitative estimate of drug-likeness (QED) is 0.536. The van der Waals surface area contributed by atoms with E-state index in [1.165, 1.54) is 11.1 Å². The second-order valence-electron chi connectivity index (χ2n) is 2.34. The Bertz CT molecular complexity index is 188. The molecule has 0 radical (unpaired) electrons. The lowest BCUT2D eigenvalue weighted by Gasteiger charge is -1.96. The molecular formula is C11H16. The fraction of sp³-hybridized carbons (Fsp3) is 0.273. The zero-order chi connectivity index (χ0) is 8.69. The molecule has 0 aliphatic heterocycles. The van der Waals surface area contributed by atoms with Gasteiger partial charge >= 0.3 is 0 Å². The first-order chi connectivity index (χ1) is 5.26. The first-order valence-electron chi connectivity index (χ1n) is 3.85. The van der Waals surface area contributed by atoms with Gasteiger partial charge in [0.05, 0.1) is 0 Å². The summed E-state index contributed by atoms with van der Waals surface area (Å²) in [7, 11) is 0. The molecule has 0 bridgehead atoms. The highest BCUT2D eigenvalue weighted by Gasteiger charge is 1.88. The number of allylic oxidation sites excluding steroid dienone is 7. The minimum atomic E-state index is 1.21. The molecule has 0 spiro atoms. The highest BCUT2D eigenvalue weighted by molar-refractivity contribution is 5.38. The Morgan fingerprint density at radius 1 is 1.09 bits per heavy atom. The van der Waals surface area contributed by atoms with Gasteiger partial charge in [-0.3, -0.25) is 0 Å². The van der Waals surface area contributed by atoms with Gasteiger partial charge in [-0.1, -0.05) is 37.0 Å². The van der Waals surface area contributed by atoms with Gasteiger partial charge in [0.15, 0.2) is 0 Å². The van der Waals surface area contributed by atoms with Crippen LogP contribution in [0.3, 0.4) is 0 Å². The van der Waals surface area contributed by atoms with Crippen LogP contribution in [0, 0.1) is 0 Å². The van der Waals surface area contributed by atoms with Gasteiger partial charge in [-0.25, -0.2) is 0 Å². The summed E-state index contributed by atoms with van der Waals surface area (Å²) in [6.07, 6.45) is 10.1. The molecule has 0 aliphatic carbocycles. The highest BCUT2D eigenvalue weighted by Crippen LogP contribution is 2.08. The molecule has 0 rings (SSSR count). The van der Waals surface area contributed by atoms with Crippen LogP contribution < -0.4 is 0 Å². The Morgan fingerprint density at radius 2 is 1.55 bits per heavy atom. The van der Waals surface area contributed by atoms with E-state index >= 15 is 0 Å². The maximum atomic E-state index is 3.72. The molecule has 0 fully saturated rings. The van der Waals surface area contributed by atoms with Crippen molar-refractivity contribution in [1.82, 2.24) is 0 Å². The third-order valence-corrected chi connectivity index (χ3v) is 1.45. The van der Waals surface area contributed by atoms with Crippen LogP contribution in [0.5, 0.6) is 0 Å². The van der Waals surface area contributed by atoms with E-state index < -0.39 is 0 Å². The van der Waals surface area contributed by atoms with Crippen LogP contribution >= 0.6 is 0 Å². The second kappa shape index (κ2) is 5.72. The Balaban J connectivity index is 4.70. The van der Waals surface area contributed by atoms with Gasteiger partial charge in [-0.15, -0.1) is 0 Å². The molecule has 0 aromatic rings. The van der Waals surface area contributed by atoms with Crippen LogP contribution in [-0.2, 0) is 0 Å². The van der Waals surface area contributed by atoms with Crippen LogP contribution in [0.15, 0.2) is 48.1 Å². The van der Waals surface area contributed by atoms with Gasteiger partial charge in [0.25, 0.3) is 0 Å². The summed E-state index contributed by atoms with van der Waals surface area (Å²) >= 11 is 0. The number of hydrogen-bond donors (Lipinski definition) is 0. The molecule has 0 aliphatic rings. The van der Waals surface area contributed by atoms with E-state index in [0.717, 1.165) is 0 Å². The summed E-state index contributed by atoms with van der Waals surface area (Å²) < 4.78 is 0. The molecule has 0 N–H and O–H groups in total. The van der Waals surface area contributed by atoms with Gasteiger partial charge in [-0.05, 0) is 31.9 Å². The minimum Gasteiger partial charge on any atom is -0.0988 e. The molecule has 0 saturated carbocycles. The van der Waals surface area contributed by atoms with Gasteiger partial charge in [-0.2, -0.15) is 0 Å². The van der Waals surface area contributed by atoms with Crippen molar-refractivity contribution in [3.8, 4) is 0 Å². The van der Waals surface area contributed by atoms with E-state index in [1.54, 1.807) is 0 Å². The summed E-state index contributed by atoms with van der Waals surface area (Å²) in [4.78, 5) is 0. The van der Waals surface area contributed by atoms with Gasteiger partial charge < -0.3 is 0 Å². The van der Waals surface area contributed by atoms with Crippen molar-refractivity contribution in [2.45, 2.75) is 20.8 Å². The Labute approximate surface area is 69.6 Å². The van der Waals surface area contributed by atoms with Crippen molar-refractivity contribution in [1.29, 1.82) is 0 Å². The number of hydrogen-bond acceptors (Lipinski definition) is 0. The standard InChI is InChI=1S/C11H16/c1-5-8-11(9-6-2)10(4)7-3/h5-9H,3H2,1-2,4H3/b8-5-,9-6-. The SMILES string of the molecule is C=CC(C)=C(/C=C\C)/C=C\C. The van der Waals surface area contributed by atoms with E-state index in [0.29, 0.717) is 0 Å². The van der Waals surface area contributed by atoms with Crippen LogP contribution in [0.4, 0.5) is 0 Å².